The summed E-state index contributed by atoms with van der Waals surface area (Å²) in [6, 6.07) is 0.493. The largest absolute Gasteiger partial charge is 0.319 e. The topological polar surface area (TPSA) is 26.0 Å². The summed E-state index contributed by atoms with van der Waals surface area (Å²) >= 11 is 1.37. The number of nitrogens with two attached hydrogens (primary N) is 1. The van der Waals surface area contributed by atoms with Gasteiger partial charge in [-0.05, 0) is 22.4 Å². The summed E-state index contributed by atoms with van der Waals surface area (Å²) in [5.41, 5.74) is 5.65. The predicted octanol–water partition coefficient (Wildman–Crippen LogP) is 2.01. The van der Waals surface area contributed by atoms with Crippen molar-refractivity contribution in [3.05, 3.63) is 22.4 Å². The molecule has 0 aliphatic rings. The van der Waals surface area contributed by atoms with E-state index in [1.165, 1.54) is 11.3 Å². The van der Waals surface area contributed by atoms with E-state index in [0.717, 1.165) is 0 Å². The fourth-order valence-electron chi connectivity index (χ4n) is 0.610. The average Bonchev–Trinajstić information content (AvgIpc) is 2.36. The van der Waals surface area contributed by atoms with Gasteiger partial charge in [0.05, 0.1) is 6.04 Å². The van der Waals surface area contributed by atoms with Gasteiger partial charge in [0, 0.05) is 0 Å². The molecule has 0 saturated heterocycles. The van der Waals surface area contributed by atoms with Crippen LogP contribution in [0.15, 0.2) is 16.8 Å². The van der Waals surface area contributed by atoms with Crippen LogP contribution in [0.25, 0.3) is 0 Å². The van der Waals surface area contributed by atoms with Gasteiger partial charge in [-0.1, -0.05) is 0 Å². The second-order valence-corrected chi connectivity index (χ2v) is 2.70. The highest BCUT2D eigenvalue weighted by molar-refractivity contribution is 7.07. The molecule has 1 aromatic rings. The number of alkyl halides is 2. The van der Waals surface area contributed by atoms with Crippen LogP contribution >= 0.6 is 11.3 Å². The summed E-state index contributed by atoms with van der Waals surface area (Å²) in [6.07, 6.45) is -2.46. The van der Waals surface area contributed by atoms with Gasteiger partial charge in [0.25, 0.3) is 6.43 Å². The molecule has 2 N–H and O–H groups in total. The van der Waals surface area contributed by atoms with Crippen LogP contribution in [-0.2, 0) is 0 Å². The van der Waals surface area contributed by atoms with Gasteiger partial charge in [-0.25, -0.2) is 8.78 Å². The summed E-state index contributed by atoms with van der Waals surface area (Å²) in [4.78, 5) is 0. The normalized spacial score (nSPS) is 14.0. The molecule has 1 atom stereocenters. The van der Waals surface area contributed by atoms with Crippen LogP contribution in [0.3, 0.4) is 0 Å². The first-order chi connectivity index (χ1) is 4.72. The number of hydrogen-bond donors (Lipinski definition) is 1. The molecule has 1 unspecified atom stereocenters. The number of thiophene rings is 1. The minimum absolute atomic E-state index is 0.514. The van der Waals surface area contributed by atoms with Crippen molar-refractivity contribution in [1.29, 1.82) is 0 Å². The predicted molar refractivity (Wildman–Crippen MR) is 37.3 cm³/mol. The van der Waals surface area contributed by atoms with Gasteiger partial charge in [0.15, 0.2) is 0 Å². The molecule has 56 valence electrons. The molecule has 0 aromatic carbocycles. The van der Waals surface area contributed by atoms with Crippen molar-refractivity contribution in [2.45, 2.75) is 12.5 Å². The van der Waals surface area contributed by atoms with Gasteiger partial charge in [-0.3, -0.25) is 0 Å². The standard InChI is InChI=1S/C6H7F2NS/c7-6(8)5(9)4-1-2-10-3-4/h1-3,5-6H,9H2. The first-order valence-corrected chi connectivity index (χ1v) is 3.72. The third-order valence-corrected chi connectivity index (χ3v) is 1.90. The lowest BCUT2D eigenvalue weighted by Crippen LogP contribution is -2.17. The van der Waals surface area contributed by atoms with Crippen LogP contribution in [-0.4, -0.2) is 6.43 Å². The Hall–Kier alpha value is -0.480. The number of rotatable bonds is 2. The summed E-state index contributed by atoms with van der Waals surface area (Å²) in [6.45, 7) is 0. The molecular weight excluding hydrogens is 156 g/mol. The molecule has 1 heterocycles. The van der Waals surface area contributed by atoms with E-state index >= 15 is 0 Å². The second-order valence-electron chi connectivity index (χ2n) is 1.92. The summed E-state index contributed by atoms with van der Waals surface area (Å²) < 4.78 is 23.7. The van der Waals surface area contributed by atoms with Gasteiger partial charge in [-0.15, -0.1) is 0 Å². The lowest BCUT2D eigenvalue weighted by molar-refractivity contribution is 0.116. The Morgan fingerprint density at radius 3 is 2.60 bits per heavy atom. The summed E-state index contributed by atoms with van der Waals surface area (Å²) in [5, 5.41) is 3.37. The summed E-state index contributed by atoms with van der Waals surface area (Å²) in [7, 11) is 0. The van der Waals surface area contributed by atoms with E-state index in [0.29, 0.717) is 5.56 Å². The van der Waals surface area contributed by atoms with Crippen molar-refractivity contribution in [3.8, 4) is 0 Å². The average molecular weight is 163 g/mol. The van der Waals surface area contributed by atoms with Gasteiger partial charge < -0.3 is 5.73 Å². The van der Waals surface area contributed by atoms with Crippen molar-refractivity contribution >= 4 is 11.3 Å². The van der Waals surface area contributed by atoms with E-state index in [1.54, 1.807) is 16.8 Å². The molecule has 10 heavy (non-hydrogen) atoms. The van der Waals surface area contributed by atoms with E-state index in [9.17, 15) is 8.78 Å². The molecule has 0 spiro atoms. The van der Waals surface area contributed by atoms with Gasteiger partial charge in [0.2, 0.25) is 0 Å². The van der Waals surface area contributed by atoms with E-state index in [1.807, 2.05) is 0 Å². The third-order valence-electron chi connectivity index (χ3n) is 1.20. The van der Waals surface area contributed by atoms with Crippen LogP contribution in [0, 0.1) is 0 Å². The SMILES string of the molecule is NC(c1ccsc1)C(F)F. The monoisotopic (exact) mass is 163 g/mol. The quantitative estimate of drug-likeness (QED) is 0.709. The molecule has 0 amide bonds. The van der Waals surface area contributed by atoms with Crippen molar-refractivity contribution in [2.24, 2.45) is 5.73 Å². The molecule has 0 radical (unpaired) electrons. The Morgan fingerprint density at radius 1 is 1.50 bits per heavy atom. The summed E-state index contributed by atoms with van der Waals surface area (Å²) in [5.74, 6) is 0. The molecular formula is C6H7F2NS. The molecule has 4 heteroatoms. The molecule has 0 saturated carbocycles. The zero-order valence-electron chi connectivity index (χ0n) is 5.13. The third kappa shape index (κ3) is 1.52. The van der Waals surface area contributed by atoms with Crippen molar-refractivity contribution in [1.82, 2.24) is 0 Å². The Labute approximate surface area is 61.5 Å². The Balaban J connectivity index is 2.68. The van der Waals surface area contributed by atoms with E-state index < -0.39 is 12.5 Å². The van der Waals surface area contributed by atoms with Crippen LogP contribution in [0.2, 0.25) is 0 Å². The van der Waals surface area contributed by atoms with E-state index in [4.69, 9.17) is 5.73 Å². The maximum Gasteiger partial charge on any atom is 0.257 e. The molecule has 1 aromatic heterocycles. The van der Waals surface area contributed by atoms with Crippen LogP contribution < -0.4 is 5.73 Å². The zero-order valence-corrected chi connectivity index (χ0v) is 5.94. The Morgan fingerprint density at radius 2 is 2.20 bits per heavy atom. The first kappa shape index (κ1) is 7.63. The fourth-order valence-corrected chi connectivity index (χ4v) is 1.32. The molecule has 1 rings (SSSR count). The molecule has 1 nitrogen and oxygen atoms in total. The minimum atomic E-state index is -2.46. The van der Waals surface area contributed by atoms with Crippen LogP contribution in [0.5, 0.6) is 0 Å². The fraction of sp³-hybridized carbons (Fsp3) is 0.333. The van der Waals surface area contributed by atoms with Crippen LogP contribution in [0.4, 0.5) is 8.78 Å². The first-order valence-electron chi connectivity index (χ1n) is 2.77. The van der Waals surface area contributed by atoms with Crippen molar-refractivity contribution < 1.29 is 8.78 Å². The highest BCUT2D eigenvalue weighted by Crippen LogP contribution is 2.19. The lowest BCUT2D eigenvalue weighted by Gasteiger charge is -2.06. The molecule has 0 bridgehead atoms. The van der Waals surface area contributed by atoms with Crippen molar-refractivity contribution in [2.75, 3.05) is 0 Å². The van der Waals surface area contributed by atoms with Gasteiger partial charge in [-0.2, -0.15) is 11.3 Å². The highest BCUT2D eigenvalue weighted by Gasteiger charge is 2.16. The maximum absolute atomic E-state index is 11.9. The Kier molecular flexibility index (Phi) is 2.34. The highest BCUT2D eigenvalue weighted by atomic mass is 32.1. The minimum Gasteiger partial charge on any atom is -0.319 e. The smallest absolute Gasteiger partial charge is 0.257 e. The van der Waals surface area contributed by atoms with Crippen molar-refractivity contribution in [3.63, 3.8) is 0 Å². The van der Waals surface area contributed by atoms with Gasteiger partial charge in [0.1, 0.15) is 0 Å². The van der Waals surface area contributed by atoms with Crippen LogP contribution in [0.1, 0.15) is 11.6 Å². The van der Waals surface area contributed by atoms with Gasteiger partial charge >= 0.3 is 0 Å². The molecule has 0 fully saturated rings. The molecule has 0 aliphatic heterocycles. The number of halogens is 2. The maximum atomic E-state index is 11.9. The molecule has 0 aliphatic carbocycles. The number of hydrogen-bond acceptors (Lipinski definition) is 2. The second kappa shape index (κ2) is 3.07. The Bertz CT molecular complexity index is 186. The lowest BCUT2D eigenvalue weighted by atomic mass is 10.2. The van der Waals surface area contributed by atoms with E-state index in [2.05, 4.69) is 0 Å². The zero-order chi connectivity index (χ0) is 7.56. The van der Waals surface area contributed by atoms with E-state index in [-0.39, 0.29) is 0 Å².